The van der Waals surface area contributed by atoms with Gasteiger partial charge in [-0.15, -0.1) is 0 Å². The summed E-state index contributed by atoms with van der Waals surface area (Å²) in [4.78, 5) is 28.8. The molecule has 1 N–H and O–H groups in total. The lowest BCUT2D eigenvalue weighted by atomic mass is 9.82. The van der Waals surface area contributed by atoms with Crippen LogP contribution >= 0.6 is 0 Å². The molecule has 0 atom stereocenters. The molecule has 1 aliphatic rings. The van der Waals surface area contributed by atoms with Gasteiger partial charge in [0.05, 0.1) is 11.2 Å². The van der Waals surface area contributed by atoms with E-state index in [1.165, 1.54) is 0 Å². The van der Waals surface area contributed by atoms with Gasteiger partial charge < -0.3 is 24.3 Å². The van der Waals surface area contributed by atoms with Crippen molar-refractivity contribution >= 4 is 24.9 Å². The zero-order chi connectivity index (χ0) is 23.4. The van der Waals surface area contributed by atoms with Crippen LogP contribution in [0.25, 0.3) is 0 Å². The van der Waals surface area contributed by atoms with E-state index < -0.39 is 16.8 Å². The van der Waals surface area contributed by atoms with Gasteiger partial charge in [0.1, 0.15) is 5.60 Å². The zero-order valence-corrected chi connectivity index (χ0v) is 19.9. The Bertz CT molecular complexity index is 783. The van der Waals surface area contributed by atoms with Crippen LogP contribution in [0.4, 0.5) is 4.79 Å². The van der Waals surface area contributed by atoms with Crippen molar-refractivity contribution in [2.75, 3.05) is 26.2 Å². The number of aliphatic hydroxyl groups is 1. The fourth-order valence-corrected chi connectivity index (χ4v) is 2.92. The summed E-state index contributed by atoms with van der Waals surface area (Å²) in [5, 5.41) is 10.2. The third kappa shape index (κ3) is 7.25. The second-order valence-electron chi connectivity index (χ2n) is 10.0. The molecule has 2 amide bonds. The first-order valence-corrected chi connectivity index (χ1v) is 10.8. The summed E-state index contributed by atoms with van der Waals surface area (Å²) < 4.78 is 11.3. The third-order valence-corrected chi connectivity index (χ3v) is 5.53. The smallest absolute Gasteiger partial charge is 0.410 e. The summed E-state index contributed by atoms with van der Waals surface area (Å²) in [6.45, 7) is 14.6. The number of carbonyl (C=O) groups is 2. The molecule has 1 heterocycles. The lowest BCUT2D eigenvalue weighted by molar-refractivity contribution is -0.0893. The van der Waals surface area contributed by atoms with Gasteiger partial charge in [-0.3, -0.25) is 4.79 Å². The average Bonchev–Trinajstić information content (AvgIpc) is 2.90. The number of hydrogen-bond acceptors (Lipinski definition) is 5. The van der Waals surface area contributed by atoms with Gasteiger partial charge in [0, 0.05) is 31.7 Å². The lowest BCUT2D eigenvalue weighted by Crippen LogP contribution is -2.49. The topological polar surface area (TPSA) is 79.3 Å². The average molecular weight is 431 g/mol. The Morgan fingerprint density at radius 1 is 0.968 bits per heavy atom. The molecule has 7 nitrogen and oxygen atoms in total. The first-order chi connectivity index (χ1) is 14.2. The Kier molecular flexibility index (Phi) is 7.82. The summed E-state index contributed by atoms with van der Waals surface area (Å²) >= 11 is 0. The molecule has 1 aromatic rings. The maximum atomic E-state index is 13.1. The van der Waals surface area contributed by atoms with Crippen molar-refractivity contribution in [2.24, 2.45) is 0 Å². The molecule has 1 aromatic carbocycles. The van der Waals surface area contributed by atoms with Gasteiger partial charge in [-0.1, -0.05) is 23.7 Å². The van der Waals surface area contributed by atoms with Crippen LogP contribution in [-0.2, 0) is 9.39 Å². The molecule has 171 valence electrons. The standard InChI is InChI=1S/C23H36BN2O5/c1-21(2,3)30-20(28)26-13-9-12-25(14-15-26)19(27)17-10-8-11-18(16-17)24-31-23(6,7)22(4,5)29/h8,10-11,16,29H,9,12-15H2,1-7H3. The molecule has 1 aliphatic heterocycles. The Morgan fingerprint density at radius 3 is 2.19 bits per heavy atom. The minimum absolute atomic E-state index is 0.0805. The van der Waals surface area contributed by atoms with Crippen LogP contribution in [0.15, 0.2) is 24.3 Å². The first kappa shape index (κ1) is 25.2. The molecule has 1 fully saturated rings. The summed E-state index contributed by atoms with van der Waals surface area (Å²) in [5.74, 6) is -0.0805. The lowest BCUT2D eigenvalue weighted by Gasteiger charge is -2.37. The third-order valence-electron chi connectivity index (χ3n) is 5.53. The molecular formula is C23H36BN2O5. The van der Waals surface area contributed by atoms with E-state index in [0.717, 1.165) is 5.46 Å². The Morgan fingerprint density at radius 2 is 1.58 bits per heavy atom. The number of ether oxygens (including phenoxy) is 1. The van der Waals surface area contributed by atoms with Crippen LogP contribution in [0.3, 0.4) is 0 Å². The van der Waals surface area contributed by atoms with E-state index in [1.54, 1.807) is 43.3 Å². The first-order valence-electron chi connectivity index (χ1n) is 10.8. The van der Waals surface area contributed by atoms with E-state index in [1.807, 2.05) is 46.8 Å². The molecule has 1 saturated heterocycles. The van der Waals surface area contributed by atoms with Crippen molar-refractivity contribution in [3.8, 4) is 0 Å². The van der Waals surface area contributed by atoms with E-state index in [0.29, 0.717) is 38.2 Å². The van der Waals surface area contributed by atoms with Crippen molar-refractivity contribution in [1.82, 2.24) is 9.80 Å². The van der Waals surface area contributed by atoms with Gasteiger partial charge in [0.15, 0.2) is 0 Å². The Balaban J connectivity index is 2.00. The normalized spacial score (nSPS) is 16.0. The maximum absolute atomic E-state index is 13.1. The van der Waals surface area contributed by atoms with Crippen molar-refractivity contribution in [3.63, 3.8) is 0 Å². The zero-order valence-electron chi connectivity index (χ0n) is 19.9. The molecule has 0 spiro atoms. The van der Waals surface area contributed by atoms with Gasteiger partial charge in [-0.2, -0.15) is 0 Å². The predicted octanol–water partition coefficient (Wildman–Crippen LogP) is 2.58. The summed E-state index contributed by atoms with van der Waals surface area (Å²) in [6.07, 6.45) is 0.352. The molecule has 0 unspecified atom stereocenters. The molecule has 0 saturated carbocycles. The van der Waals surface area contributed by atoms with E-state index in [-0.39, 0.29) is 12.0 Å². The monoisotopic (exact) mass is 431 g/mol. The van der Waals surface area contributed by atoms with E-state index in [4.69, 9.17) is 9.39 Å². The van der Waals surface area contributed by atoms with Crippen LogP contribution in [0.5, 0.6) is 0 Å². The predicted molar refractivity (Wildman–Crippen MR) is 122 cm³/mol. The molecule has 31 heavy (non-hydrogen) atoms. The highest BCUT2D eigenvalue weighted by Gasteiger charge is 2.35. The van der Waals surface area contributed by atoms with E-state index in [9.17, 15) is 14.7 Å². The van der Waals surface area contributed by atoms with E-state index in [2.05, 4.69) is 0 Å². The molecule has 1 radical (unpaired) electrons. The van der Waals surface area contributed by atoms with Crippen LogP contribution in [0.1, 0.15) is 65.2 Å². The molecule has 2 rings (SSSR count). The fourth-order valence-electron chi connectivity index (χ4n) is 2.92. The molecule has 0 bridgehead atoms. The number of hydrogen-bond donors (Lipinski definition) is 1. The van der Waals surface area contributed by atoms with Gasteiger partial charge in [0.25, 0.3) is 5.91 Å². The minimum Gasteiger partial charge on any atom is -0.444 e. The van der Waals surface area contributed by atoms with Gasteiger partial charge in [-0.05, 0) is 61.0 Å². The second kappa shape index (κ2) is 9.61. The largest absolute Gasteiger partial charge is 0.444 e. The fraction of sp³-hybridized carbons (Fsp3) is 0.652. The highest BCUT2D eigenvalue weighted by atomic mass is 16.6. The van der Waals surface area contributed by atoms with Crippen LogP contribution in [0.2, 0.25) is 0 Å². The summed E-state index contributed by atoms with van der Waals surface area (Å²) in [7, 11) is 1.57. The summed E-state index contributed by atoms with van der Waals surface area (Å²) in [5.41, 5.74) is -1.05. The number of nitrogens with zero attached hydrogens (tertiary/aromatic N) is 2. The number of benzene rings is 1. The minimum atomic E-state index is -1.02. The SMILES string of the molecule is CC(C)(C)OC(=O)N1CCCN(C(=O)c2cccc([B]OC(C)(C)C(C)(C)O)c2)CC1. The molecule has 0 aliphatic carbocycles. The van der Waals surface area contributed by atoms with Crippen molar-refractivity contribution in [3.05, 3.63) is 29.8 Å². The number of amides is 2. The quantitative estimate of drug-likeness (QED) is 0.726. The van der Waals surface area contributed by atoms with E-state index >= 15 is 0 Å². The van der Waals surface area contributed by atoms with Crippen molar-refractivity contribution < 1.29 is 24.1 Å². The highest BCUT2D eigenvalue weighted by molar-refractivity contribution is 6.47. The Hall–Kier alpha value is -2.06. The molecule has 8 heteroatoms. The molecule has 0 aromatic heterocycles. The Labute approximate surface area is 187 Å². The van der Waals surface area contributed by atoms with Gasteiger partial charge in [-0.25, -0.2) is 4.79 Å². The van der Waals surface area contributed by atoms with Crippen LogP contribution < -0.4 is 5.46 Å². The highest BCUT2D eigenvalue weighted by Crippen LogP contribution is 2.24. The van der Waals surface area contributed by atoms with Crippen LogP contribution in [-0.4, -0.2) is 77.4 Å². The molecular weight excluding hydrogens is 395 g/mol. The maximum Gasteiger partial charge on any atom is 0.410 e. The van der Waals surface area contributed by atoms with Crippen molar-refractivity contribution in [1.29, 1.82) is 0 Å². The van der Waals surface area contributed by atoms with Gasteiger partial charge in [0.2, 0.25) is 0 Å². The number of carbonyl (C=O) groups excluding carboxylic acids is 2. The van der Waals surface area contributed by atoms with Crippen molar-refractivity contribution in [2.45, 2.75) is 71.7 Å². The van der Waals surface area contributed by atoms with Crippen LogP contribution in [0, 0.1) is 0 Å². The number of rotatable bonds is 5. The summed E-state index contributed by atoms with van der Waals surface area (Å²) in [6, 6.07) is 7.21. The second-order valence-corrected chi connectivity index (χ2v) is 10.0. The van der Waals surface area contributed by atoms with Gasteiger partial charge >= 0.3 is 13.6 Å².